The second kappa shape index (κ2) is 5.27. The number of nitriles is 1. The molecule has 0 saturated carbocycles. The molecule has 6 heteroatoms. The molecule has 0 aromatic heterocycles. The van der Waals surface area contributed by atoms with E-state index in [2.05, 4.69) is 0 Å². The van der Waals surface area contributed by atoms with Crippen LogP contribution in [0.1, 0.15) is 18.1 Å². The number of aliphatic hydroxyl groups excluding tert-OH is 1. The van der Waals surface area contributed by atoms with E-state index in [1.165, 1.54) is 6.07 Å². The molecule has 0 bridgehead atoms. The van der Waals surface area contributed by atoms with Crippen LogP contribution in [0.5, 0.6) is 0 Å². The lowest BCUT2D eigenvalue weighted by Gasteiger charge is -2.26. The van der Waals surface area contributed by atoms with Crippen LogP contribution >= 0.6 is 0 Å². The fourth-order valence-electron chi connectivity index (χ4n) is 1.47. The maximum absolute atomic E-state index is 12.5. The predicted octanol–water partition coefficient (Wildman–Crippen LogP) is 2.39. The first kappa shape index (κ1) is 14.3. The largest absolute Gasteiger partial charge is 0.416 e. The number of halogens is 3. The Morgan fingerprint density at radius 1 is 1.44 bits per heavy atom. The molecule has 0 aliphatic carbocycles. The summed E-state index contributed by atoms with van der Waals surface area (Å²) in [4.78, 5) is 1.57. The highest BCUT2D eigenvalue weighted by Gasteiger charge is 2.31. The van der Waals surface area contributed by atoms with Gasteiger partial charge < -0.3 is 10.0 Å². The van der Waals surface area contributed by atoms with E-state index in [1.807, 2.05) is 0 Å². The van der Waals surface area contributed by atoms with Gasteiger partial charge in [0.2, 0.25) is 0 Å². The molecule has 1 aromatic rings. The second-order valence-corrected chi connectivity index (χ2v) is 3.98. The van der Waals surface area contributed by atoms with Gasteiger partial charge in [-0.05, 0) is 25.1 Å². The number of rotatable bonds is 3. The number of likely N-dealkylation sites (N-methyl/N-ethyl adjacent to an activating group) is 1. The van der Waals surface area contributed by atoms with Gasteiger partial charge in [0.25, 0.3) is 0 Å². The average Bonchev–Trinajstić information content (AvgIpc) is 2.35. The van der Waals surface area contributed by atoms with Crippen molar-refractivity contribution in [1.82, 2.24) is 0 Å². The van der Waals surface area contributed by atoms with E-state index in [0.29, 0.717) is 5.69 Å². The van der Waals surface area contributed by atoms with Crippen molar-refractivity contribution in [2.75, 3.05) is 18.6 Å². The van der Waals surface area contributed by atoms with E-state index < -0.39 is 11.7 Å². The minimum atomic E-state index is -4.47. The third-order valence-corrected chi connectivity index (χ3v) is 2.75. The van der Waals surface area contributed by atoms with E-state index in [9.17, 15) is 13.2 Å². The van der Waals surface area contributed by atoms with Gasteiger partial charge in [-0.3, -0.25) is 0 Å². The molecule has 0 saturated heterocycles. The number of hydrogen-bond donors (Lipinski definition) is 1. The van der Waals surface area contributed by atoms with E-state index >= 15 is 0 Å². The van der Waals surface area contributed by atoms with Crippen molar-refractivity contribution in [3.63, 3.8) is 0 Å². The second-order valence-electron chi connectivity index (χ2n) is 3.98. The van der Waals surface area contributed by atoms with Crippen molar-refractivity contribution >= 4 is 5.69 Å². The molecule has 98 valence electrons. The van der Waals surface area contributed by atoms with Gasteiger partial charge in [0, 0.05) is 13.1 Å². The maximum Gasteiger partial charge on any atom is 0.416 e. The molecule has 0 heterocycles. The Morgan fingerprint density at radius 2 is 2.06 bits per heavy atom. The Balaban J connectivity index is 3.21. The van der Waals surface area contributed by atoms with Gasteiger partial charge >= 0.3 is 6.18 Å². The summed E-state index contributed by atoms with van der Waals surface area (Å²) in [5, 5.41) is 17.9. The number of aliphatic hydroxyl groups is 1. The number of alkyl halides is 3. The standard InChI is InChI=1S/C12H13F3N2O/c1-8(7-18)17(2)11-4-3-10(12(13,14)15)5-9(11)6-16/h3-5,8,18H,7H2,1-2H3. The molecule has 18 heavy (non-hydrogen) atoms. The Kier molecular flexibility index (Phi) is 4.19. The summed E-state index contributed by atoms with van der Waals surface area (Å²) >= 11 is 0. The molecule has 1 rings (SSSR count). The lowest BCUT2D eigenvalue weighted by molar-refractivity contribution is -0.137. The van der Waals surface area contributed by atoms with Crippen LogP contribution < -0.4 is 4.90 Å². The number of anilines is 1. The van der Waals surface area contributed by atoms with Crippen molar-refractivity contribution in [3.8, 4) is 6.07 Å². The van der Waals surface area contributed by atoms with Crippen LogP contribution in [0.3, 0.4) is 0 Å². The minimum absolute atomic E-state index is 0.0624. The van der Waals surface area contributed by atoms with Crippen LogP contribution in [-0.4, -0.2) is 24.8 Å². The Labute approximate surface area is 103 Å². The van der Waals surface area contributed by atoms with Crippen molar-refractivity contribution in [2.45, 2.75) is 19.1 Å². The summed E-state index contributed by atoms with van der Waals surface area (Å²) in [7, 11) is 1.62. The highest BCUT2D eigenvalue weighted by molar-refractivity contribution is 5.60. The SMILES string of the molecule is CC(CO)N(C)c1ccc(C(F)(F)F)cc1C#N. The summed E-state index contributed by atoms with van der Waals surface area (Å²) in [5.41, 5.74) is -0.549. The molecule has 0 spiro atoms. The smallest absolute Gasteiger partial charge is 0.394 e. The molecular weight excluding hydrogens is 245 g/mol. The summed E-state index contributed by atoms with van der Waals surface area (Å²) in [6.07, 6.45) is -4.47. The fourth-order valence-corrected chi connectivity index (χ4v) is 1.47. The molecule has 1 aromatic carbocycles. The van der Waals surface area contributed by atoms with Gasteiger partial charge in [0.15, 0.2) is 0 Å². The topological polar surface area (TPSA) is 47.3 Å². The predicted molar refractivity (Wildman–Crippen MR) is 61.1 cm³/mol. The van der Waals surface area contributed by atoms with E-state index in [-0.39, 0.29) is 18.2 Å². The fraction of sp³-hybridized carbons (Fsp3) is 0.417. The van der Waals surface area contributed by atoms with Crippen LogP contribution in [0.4, 0.5) is 18.9 Å². The zero-order chi connectivity index (χ0) is 13.9. The molecule has 0 aliphatic heterocycles. The first-order valence-corrected chi connectivity index (χ1v) is 5.26. The third-order valence-electron chi connectivity index (χ3n) is 2.75. The molecule has 0 aliphatic rings. The monoisotopic (exact) mass is 258 g/mol. The Hall–Kier alpha value is -1.74. The zero-order valence-electron chi connectivity index (χ0n) is 9.99. The molecular formula is C12H13F3N2O. The van der Waals surface area contributed by atoms with Crippen LogP contribution in [0, 0.1) is 11.3 Å². The molecule has 3 nitrogen and oxygen atoms in total. The molecule has 0 amide bonds. The highest BCUT2D eigenvalue weighted by atomic mass is 19.4. The first-order chi connectivity index (χ1) is 8.31. The van der Waals surface area contributed by atoms with E-state index in [1.54, 1.807) is 24.9 Å². The quantitative estimate of drug-likeness (QED) is 0.905. The molecule has 1 N–H and O–H groups in total. The highest BCUT2D eigenvalue weighted by Crippen LogP contribution is 2.32. The van der Waals surface area contributed by atoms with Crippen LogP contribution in [0.2, 0.25) is 0 Å². The van der Waals surface area contributed by atoms with Crippen molar-refractivity contribution in [2.24, 2.45) is 0 Å². The lowest BCUT2D eigenvalue weighted by atomic mass is 10.1. The lowest BCUT2D eigenvalue weighted by Crippen LogP contribution is -2.32. The number of nitrogens with zero attached hydrogens (tertiary/aromatic N) is 2. The summed E-state index contributed by atoms with van der Waals surface area (Å²) in [5.74, 6) is 0. The summed E-state index contributed by atoms with van der Waals surface area (Å²) in [6, 6.07) is 4.45. The molecule has 1 unspecified atom stereocenters. The third kappa shape index (κ3) is 2.93. The van der Waals surface area contributed by atoms with Crippen molar-refractivity contribution < 1.29 is 18.3 Å². The van der Waals surface area contributed by atoms with Crippen LogP contribution in [-0.2, 0) is 6.18 Å². The average molecular weight is 258 g/mol. The molecule has 1 atom stereocenters. The number of hydrogen-bond acceptors (Lipinski definition) is 3. The van der Waals surface area contributed by atoms with Gasteiger partial charge in [0.05, 0.1) is 23.4 Å². The van der Waals surface area contributed by atoms with Gasteiger partial charge in [-0.2, -0.15) is 18.4 Å². The maximum atomic E-state index is 12.5. The molecule has 0 fully saturated rings. The van der Waals surface area contributed by atoms with Gasteiger partial charge in [0.1, 0.15) is 6.07 Å². The zero-order valence-corrected chi connectivity index (χ0v) is 9.99. The first-order valence-electron chi connectivity index (χ1n) is 5.26. The normalized spacial score (nSPS) is 12.9. The van der Waals surface area contributed by atoms with Crippen molar-refractivity contribution in [3.05, 3.63) is 29.3 Å². The molecule has 0 radical (unpaired) electrons. The summed E-state index contributed by atoms with van der Waals surface area (Å²) < 4.78 is 37.5. The van der Waals surface area contributed by atoms with E-state index in [0.717, 1.165) is 12.1 Å². The summed E-state index contributed by atoms with van der Waals surface area (Å²) in [6.45, 7) is 1.56. The van der Waals surface area contributed by atoms with E-state index in [4.69, 9.17) is 10.4 Å². The van der Waals surface area contributed by atoms with Gasteiger partial charge in [-0.25, -0.2) is 0 Å². The number of benzene rings is 1. The van der Waals surface area contributed by atoms with Gasteiger partial charge in [-0.15, -0.1) is 0 Å². The Bertz CT molecular complexity index is 465. The van der Waals surface area contributed by atoms with Crippen molar-refractivity contribution in [1.29, 1.82) is 5.26 Å². The Morgan fingerprint density at radius 3 is 2.50 bits per heavy atom. The minimum Gasteiger partial charge on any atom is -0.394 e. The van der Waals surface area contributed by atoms with Gasteiger partial charge in [-0.1, -0.05) is 0 Å². The van der Waals surface area contributed by atoms with Crippen LogP contribution in [0.25, 0.3) is 0 Å². The van der Waals surface area contributed by atoms with Crippen LogP contribution in [0.15, 0.2) is 18.2 Å².